The van der Waals surface area contributed by atoms with E-state index >= 15 is 0 Å². The third-order valence-electron chi connectivity index (χ3n) is 3.34. The molecule has 0 unspecified atom stereocenters. The van der Waals surface area contributed by atoms with Gasteiger partial charge in [-0.1, -0.05) is 30.3 Å². The number of carbonyl (C=O) groups is 2. The van der Waals surface area contributed by atoms with Gasteiger partial charge in [0.1, 0.15) is 11.4 Å². The molecule has 0 fully saturated rings. The van der Waals surface area contributed by atoms with Gasteiger partial charge in [0.05, 0.1) is 11.3 Å². The normalized spacial score (nSPS) is 10.1. The highest BCUT2D eigenvalue weighted by atomic mass is 19.1. The number of carbonyl (C=O) groups excluding carboxylic acids is 2. The Balaban J connectivity index is 1.82. The first kappa shape index (κ1) is 18.1. The molecule has 7 nitrogen and oxygen atoms in total. The van der Waals surface area contributed by atoms with Crippen molar-refractivity contribution in [3.8, 4) is 0 Å². The summed E-state index contributed by atoms with van der Waals surface area (Å²) in [4.78, 5) is 33.8. The summed E-state index contributed by atoms with van der Waals surface area (Å²) < 4.78 is 13.2. The second kappa shape index (κ2) is 8.53. The van der Waals surface area contributed by atoms with Gasteiger partial charge in [0.15, 0.2) is 0 Å². The topological polar surface area (TPSA) is 101 Å². The molecule has 0 atom stereocenters. The molecule has 0 aromatic heterocycles. The lowest BCUT2D eigenvalue weighted by Crippen LogP contribution is -2.35. The van der Waals surface area contributed by atoms with E-state index in [9.17, 15) is 24.1 Å². The van der Waals surface area contributed by atoms with Crippen LogP contribution in [0.1, 0.15) is 15.9 Å². The van der Waals surface area contributed by atoms with Gasteiger partial charge < -0.3 is 10.6 Å². The first-order chi connectivity index (χ1) is 12.0. The van der Waals surface area contributed by atoms with Crippen molar-refractivity contribution in [1.82, 2.24) is 10.6 Å². The van der Waals surface area contributed by atoms with Crippen LogP contribution in [0.3, 0.4) is 0 Å². The van der Waals surface area contributed by atoms with E-state index in [1.807, 2.05) is 30.3 Å². The van der Waals surface area contributed by atoms with E-state index in [1.165, 1.54) is 0 Å². The highest BCUT2D eigenvalue weighted by molar-refractivity contribution is 5.98. The number of nitro benzene ring substituents is 1. The van der Waals surface area contributed by atoms with Crippen molar-refractivity contribution in [2.45, 2.75) is 6.42 Å². The molecule has 0 saturated heterocycles. The predicted molar refractivity (Wildman–Crippen MR) is 88.5 cm³/mol. The second-order valence-electron chi connectivity index (χ2n) is 5.19. The molecule has 0 aliphatic rings. The summed E-state index contributed by atoms with van der Waals surface area (Å²) in [7, 11) is 0. The van der Waals surface area contributed by atoms with Gasteiger partial charge in [-0.25, -0.2) is 4.39 Å². The molecule has 0 spiro atoms. The summed E-state index contributed by atoms with van der Waals surface area (Å²) in [6.45, 7) is 0.216. The van der Waals surface area contributed by atoms with Crippen molar-refractivity contribution in [2.75, 3.05) is 13.1 Å². The van der Waals surface area contributed by atoms with Crippen LogP contribution in [0, 0.1) is 15.9 Å². The Morgan fingerprint density at radius 2 is 1.72 bits per heavy atom. The van der Waals surface area contributed by atoms with Crippen molar-refractivity contribution in [2.24, 2.45) is 0 Å². The van der Waals surface area contributed by atoms with Crippen LogP contribution < -0.4 is 10.6 Å². The lowest BCUT2D eigenvalue weighted by Gasteiger charge is -2.08. The number of rotatable bonds is 7. The molecule has 2 amide bonds. The van der Waals surface area contributed by atoms with E-state index in [-0.39, 0.29) is 31.0 Å². The van der Waals surface area contributed by atoms with Gasteiger partial charge in [-0.3, -0.25) is 19.7 Å². The molecule has 0 aliphatic heterocycles. The van der Waals surface area contributed by atoms with E-state index in [2.05, 4.69) is 10.6 Å². The van der Waals surface area contributed by atoms with Gasteiger partial charge in [-0.05, 0) is 17.7 Å². The molecule has 2 aromatic rings. The standard InChI is InChI=1S/C17H16FN3O4/c18-13-6-7-15(21(24)25)14(11-13)17(23)20-9-8-19-16(22)10-12-4-2-1-3-5-12/h1-7,11H,8-10H2,(H,19,22)(H,20,23). The minimum Gasteiger partial charge on any atom is -0.354 e. The number of nitrogens with one attached hydrogen (secondary N) is 2. The first-order valence-corrected chi connectivity index (χ1v) is 7.50. The average molecular weight is 345 g/mol. The molecular weight excluding hydrogens is 329 g/mol. The molecule has 8 heteroatoms. The third-order valence-corrected chi connectivity index (χ3v) is 3.34. The SMILES string of the molecule is O=C(Cc1ccccc1)NCCNC(=O)c1cc(F)ccc1[N+](=O)[O-]. The highest BCUT2D eigenvalue weighted by Gasteiger charge is 2.20. The van der Waals surface area contributed by atoms with Crippen LogP contribution in [-0.4, -0.2) is 29.8 Å². The molecule has 0 radical (unpaired) electrons. The Bertz CT molecular complexity index is 781. The van der Waals surface area contributed by atoms with Crippen molar-refractivity contribution in [3.05, 3.63) is 75.6 Å². The van der Waals surface area contributed by atoms with Gasteiger partial charge in [0.25, 0.3) is 11.6 Å². The zero-order valence-electron chi connectivity index (χ0n) is 13.2. The molecule has 2 rings (SSSR count). The van der Waals surface area contributed by atoms with Crippen LogP contribution in [0.25, 0.3) is 0 Å². The van der Waals surface area contributed by atoms with Gasteiger partial charge in [-0.15, -0.1) is 0 Å². The van der Waals surface area contributed by atoms with Crippen molar-refractivity contribution < 1.29 is 18.9 Å². The molecule has 0 heterocycles. The molecule has 2 N–H and O–H groups in total. The highest BCUT2D eigenvalue weighted by Crippen LogP contribution is 2.19. The van der Waals surface area contributed by atoms with Crippen LogP contribution in [0.5, 0.6) is 0 Å². The molecule has 0 saturated carbocycles. The van der Waals surface area contributed by atoms with Gasteiger partial charge in [0, 0.05) is 19.2 Å². The van der Waals surface area contributed by atoms with Crippen LogP contribution >= 0.6 is 0 Å². The molecular formula is C17H16FN3O4. The molecule has 130 valence electrons. The Morgan fingerprint density at radius 1 is 1.04 bits per heavy atom. The molecule has 25 heavy (non-hydrogen) atoms. The number of hydrogen-bond acceptors (Lipinski definition) is 4. The quantitative estimate of drug-likeness (QED) is 0.454. The van der Waals surface area contributed by atoms with Gasteiger partial charge >= 0.3 is 0 Å². The Labute approximate surface area is 143 Å². The summed E-state index contributed by atoms with van der Waals surface area (Å²) in [5.74, 6) is -1.73. The molecule has 0 bridgehead atoms. The van der Waals surface area contributed by atoms with Gasteiger partial charge in [0.2, 0.25) is 5.91 Å². The predicted octanol–water partition coefficient (Wildman–Crippen LogP) is 1.82. The lowest BCUT2D eigenvalue weighted by atomic mass is 10.1. The maximum Gasteiger partial charge on any atom is 0.282 e. The van der Waals surface area contributed by atoms with Crippen molar-refractivity contribution in [3.63, 3.8) is 0 Å². The van der Waals surface area contributed by atoms with Crippen molar-refractivity contribution in [1.29, 1.82) is 0 Å². The van der Waals surface area contributed by atoms with E-state index in [0.717, 1.165) is 23.8 Å². The molecule has 0 aliphatic carbocycles. The minimum atomic E-state index is -0.775. The summed E-state index contributed by atoms with van der Waals surface area (Å²) in [5, 5.41) is 15.9. The Hall–Kier alpha value is -3.29. The Kier molecular flexibility index (Phi) is 6.16. The second-order valence-corrected chi connectivity index (χ2v) is 5.19. The van der Waals surface area contributed by atoms with Crippen LogP contribution in [0.4, 0.5) is 10.1 Å². The monoisotopic (exact) mass is 345 g/mol. The zero-order chi connectivity index (χ0) is 18.2. The lowest BCUT2D eigenvalue weighted by molar-refractivity contribution is -0.385. The number of nitrogens with zero attached hydrogens (tertiary/aromatic N) is 1. The summed E-state index contributed by atoms with van der Waals surface area (Å²) in [5.41, 5.74) is 0.0204. The van der Waals surface area contributed by atoms with Crippen LogP contribution in [0.2, 0.25) is 0 Å². The van der Waals surface area contributed by atoms with Gasteiger partial charge in [-0.2, -0.15) is 0 Å². The average Bonchev–Trinajstić information content (AvgIpc) is 2.59. The number of benzene rings is 2. The number of halogens is 1. The molecule has 2 aromatic carbocycles. The zero-order valence-corrected chi connectivity index (χ0v) is 13.2. The third kappa shape index (κ3) is 5.38. The van der Waals surface area contributed by atoms with E-state index in [4.69, 9.17) is 0 Å². The summed E-state index contributed by atoms with van der Waals surface area (Å²) >= 11 is 0. The number of amides is 2. The van der Waals surface area contributed by atoms with Crippen LogP contribution in [0.15, 0.2) is 48.5 Å². The fourth-order valence-corrected chi connectivity index (χ4v) is 2.17. The minimum absolute atomic E-state index is 0.0625. The van der Waals surface area contributed by atoms with E-state index in [0.29, 0.717) is 0 Å². The maximum absolute atomic E-state index is 13.2. The number of nitro groups is 1. The van der Waals surface area contributed by atoms with E-state index in [1.54, 1.807) is 0 Å². The smallest absolute Gasteiger partial charge is 0.282 e. The van der Waals surface area contributed by atoms with E-state index < -0.39 is 22.3 Å². The summed E-state index contributed by atoms with van der Waals surface area (Å²) in [6, 6.07) is 11.8. The largest absolute Gasteiger partial charge is 0.354 e. The fraction of sp³-hybridized carbons (Fsp3) is 0.176. The first-order valence-electron chi connectivity index (χ1n) is 7.50. The van der Waals surface area contributed by atoms with Crippen molar-refractivity contribution >= 4 is 17.5 Å². The fourth-order valence-electron chi connectivity index (χ4n) is 2.17. The summed E-state index contributed by atoms with van der Waals surface area (Å²) in [6.07, 6.45) is 0.212. The van der Waals surface area contributed by atoms with Crippen LogP contribution in [-0.2, 0) is 11.2 Å². The Morgan fingerprint density at radius 3 is 2.40 bits per heavy atom. The maximum atomic E-state index is 13.2. The number of hydrogen-bond donors (Lipinski definition) is 2.